The van der Waals surface area contributed by atoms with E-state index in [0.717, 1.165) is 0 Å². The zero-order valence-corrected chi connectivity index (χ0v) is 4.72. The molecule has 0 aliphatic rings. The molecule has 0 aromatic heterocycles. The second-order valence-electron chi connectivity index (χ2n) is 1.47. The number of hydrazine groups is 1. The average Bonchev–Trinajstić information content (AvgIpc) is 1.69. The maximum Gasteiger partial charge on any atom is 0.322 e. The van der Waals surface area contributed by atoms with E-state index >= 15 is 0 Å². The molecule has 4 heteroatoms. The Morgan fingerprint density at radius 2 is 2.50 bits per heavy atom. The summed E-state index contributed by atoms with van der Waals surface area (Å²) in [7, 11) is 0. The molecule has 48 valence electrons. The van der Waals surface area contributed by atoms with Gasteiger partial charge in [0, 0.05) is 0 Å². The maximum atomic E-state index is 10.0. The Hall–Kier alpha value is -0.610. The van der Waals surface area contributed by atoms with Crippen molar-refractivity contribution in [1.82, 2.24) is 5.43 Å². The minimum absolute atomic E-state index is 0.506. The zero-order chi connectivity index (χ0) is 6.57. The van der Waals surface area contributed by atoms with E-state index in [4.69, 9.17) is 10.9 Å². The molecule has 4 N–H and O–H groups in total. The number of hydrogen-bond donors (Lipinski definition) is 3. The summed E-state index contributed by atoms with van der Waals surface area (Å²) >= 11 is 0. The number of carboxylic acid groups (broad SMARTS) is 1. The lowest BCUT2D eigenvalue weighted by Crippen LogP contribution is -2.40. The molecule has 0 unspecified atom stereocenters. The van der Waals surface area contributed by atoms with Crippen LogP contribution in [0, 0.1) is 0 Å². The molecule has 0 aliphatic heterocycles. The highest BCUT2D eigenvalue weighted by atomic mass is 16.4. The van der Waals surface area contributed by atoms with Gasteiger partial charge in [-0.15, -0.1) is 0 Å². The molecule has 0 saturated carbocycles. The average molecular weight is 118 g/mol. The first-order chi connectivity index (χ1) is 3.72. The number of carbonyl (C=O) groups is 1. The van der Waals surface area contributed by atoms with Crippen LogP contribution in [0.5, 0.6) is 0 Å². The quantitative estimate of drug-likeness (QED) is 0.339. The minimum Gasteiger partial charge on any atom is -0.480 e. The second kappa shape index (κ2) is 3.40. The van der Waals surface area contributed by atoms with E-state index in [0.29, 0.717) is 6.42 Å². The van der Waals surface area contributed by atoms with Crippen LogP contribution in [0.1, 0.15) is 13.3 Å². The van der Waals surface area contributed by atoms with Crippen molar-refractivity contribution >= 4 is 5.97 Å². The van der Waals surface area contributed by atoms with Crippen molar-refractivity contribution in [1.29, 1.82) is 0 Å². The summed E-state index contributed by atoms with van der Waals surface area (Å²) < 4.78 is 0. The van der Waals surface area contributed by atoms with Crippen molar-refractivity contribution in [2.24, 2.45) is 5.84 Å². The number of nitrogens with two attached hydrogens (primary N) is 1. The van der Waals surface area contributed by atoms with E-state index in [9.17, 15) is 4.79 Å². The fraction of sp³-hybridized carbons (Fsp3) is 0.750. The fourth-order valence-corrected chi connectivity index (χ4v) is 0.364. The normalized spacial score (nSPS) is 13.2. The van der Waals surface area contributed by atoms with Crippen LogP contribution in [0.3, 0.4) is 0 Å². The van der Waals surface area contributed by atoms with Crippen molar-refractivity contribution in [3.63, 3.8) is 0 Å². The highest BCUT2D eigenvalue weighted by molar-refractivity contribution is 5.73. The van der Waals surface area contributed by atoms with Gasteiger partial charge in [0.15, 0.2) is 0 Å². The number of aliphatic carboxylic acids is 1. The topological polar surface area (TPSA) is 75.3 Å². The Bertz CT molecular complexity index is 80.1. The highest BCUT2D eigenvalue weighted by Gasteiger charge is 2.10. The zero-order valence-electron chi connectivity index (χ0n) is 4.72. The highest BCUT2D eigenvalue weighted by Crippen LogP contribution is 1.85. The van der Waals surface area contributed by atoms with Gasteiger partial charge >= 0.3 is 5.97 Å². The van der Waals surface area contributed by atoms with Crippen LogP contribution in [0.25, 0.3) is 0 Å². The van der Waals surface area contributed by atoms with Crippen molar-refractivity contribution in [3.8, 4) is 0 Å². The molecule has 0 aliphatic carbocycles. The van der Waals surface area contributed by atoms with Crippen molar-refractivity contribution in [3.05, 3.63) is 0 Å². The van der Waals surface area contributed by atoms with Gasteiger partial charge in [-0.05, 0) is 6.42 Å². The predicted molar refractivity (Wildman–Crippen MR) is 29.0 cm³/mol. The molecule has 0 rings (SSSR count). The minimum atomic E-state index is -0.907. The van der Waals surface area contributed by atoms with E-state index in [-0.39, 0.29) is 0 Å². The van der Waals surface area contributed by atoms with Gasteiger partial charge in [-0.2, -0.15) is 0 Å². The van der Waals surface area contributed by atoms with Gasteiger partial charge in [-0.1, -0.05) is 6.92 Å². The molecule has 1 atom stereocenters. The van der Waals surface area contributed by atoms with E-state index < -0.39 is 12.0 Å². The molecule has 0 aromatic rings. The summed E-state index contributed by atoms with van der Waals surface area (Å²) in [4.78, 5) is 10.0. The van der Waals surface area contributed by atoms with Crippen LogP contribution in [0.15, 0.2) is 0 Å². The molecule has 0 heterocycles. The first-order valence-electron chi connectivity index (χ1n) is 2.41. The summed E-state index contributed by atoms with van der Waals surface area (Å²) in [5, 5.41) is 8.23. The Labute approximate surface area is 47.6 Å². The van der Waals surface area contributed by atoms with Gasteiger partial charge in [0.2, 0.25) is 0 Å². The summed E-state index contributed by atoms with van der Waals surface area (Å²) in [6, 6.07) is -0.602. The van der Waals surface area contributed by atoms with Crippen LogP contribution in [0.4, 0.5) is 0 Å². The summed E-state index contributed by atoms with van der Waals surface area (Å²) in [6.07, 6.45) is 0.506. The summed E-state index contributed by atoms with van der Waals surface area (Å²) in [5.41, 5.74) is 2.15. The Morgan fingerprint density at radius 3 is 2.50 bits per heavy atom. The molecule has 8 heavy (non-hydrogen) atoms. The molecule has 0 amide bonds. The third-order valence-electron chi connectivity index (χ3n) is 0.908. The molecule has 0 saturated heterocycles. The molecule has 0 spiro atoms. The first kappa shape index (κ1) is 7.39. The third-order valence-corrected chi connectivity index (χ3v) is 0.908. The molecular formula is C4H10N2O2. The Balaban J connectivity index is 3.52. The molecule has 0 radical (unpaired) electrons. The molecular weight excluding hydrogens is 108 g/mol. The summed E-state index contributed by atoms with van der Waals surface area (Å²) in [6.45, 7) is 1.75. The molecule has 0 fully saturated rings. The van der Waals surface area contributed by atoms with Gasteiger partial charge in [0.1, 0.15) is 6.04 Å². The largest absolute Gasteiger partial charge is 0.480 e. The van der Waals surface area contributed by atoms with E-state index in [1.165, 1.54) is 0 Å². The van der Waals surface area contributed by atoms with Crippen LogP contribution in [-0.2, 0) is 4.79 Å². The Morgan fingerprint density at radius 1 is 2.00 bits per heavy atom. The number of rotatable bonds is 3. The van der Waals surface area contributed by atoms with Gasteiger partial charge < -0.3 is 5.11 Å². The summed E-state index contributed by atoms with van der Waals surface area (Å²) in [5.74, 6) is 3.95. The van der Waals surface area contributed by atoms with Crippen molar-refractivity contribution in [2.45, 2.75) is 19.4 Å². The van der Waals surface area contributed by atoms with Crippen LogP contribution < -0.4 is 11.3 Å². The van der Waals surface area contributed by atoms with Crippen LogP contribution >= 0.6 is 0 Å². The third kappa shape index (κ3) is 1.90. The smallest absolute Gasteiger partial charge is 0.322 e. The van der Waals surface area contributed by atoms with E-state index in [1.807, 2.05) is 0 Å². The van der Waals surface area contributed by atoms with Crippen molar-refractivity contribution in [2.75, 3.05) is 0 Å². The predicted octanol–water partition coefficient (Wildman–Crippen LogP) is -0.687. The van der Waals surface area contributed by atoms with E-state index in [1.54, 1.807) is 6.92 Å². The number of hydrogen-bond acceptors (Lipinski definition) is 3. The Kier molecular flexibility index (Phi) is 3.14. The lowest BCUT2D eigenvalue weighted by Gasteiger charge is -2.04. The van der Waals surface area contributed by atoms with Crippen LogP contribution in [0.2, 0.25) is 0 Å². The number of carboxylic acids is 1. The SMILES string of the molecule is CC[C@@H](NN)C(=O)O. The van der Waals surface area contributed by atoms with Gasteiger partial charge in [0.25, 0.3) is 0 Å². The number of nitrogens with one attached hydrogen (secondary N) is 1. The van der Waals surface area contributed by atoms with Crippen LogP contribution in [-0.4, -0.2) is 17.1 Å². The van der Waals surface area contributed by atoms with Gasteiger partial charge in [-0.3, -0.25) is 10.6 Å². The van der Waals surface area contributed by atoms with E-state index in [2.05, 4.69) is 5.43 Å². The monoisotopic (exact) mass is 118 g/mol. The standard InChI is InChI=1S/C4H10N2O2/c1-2-3(6-5)4(7)8/h3,6H,2,5H2,1H3,(H,7,8)/t3-/m1/s1. The van der Waals surface area contributed by atoms with Crippen molar-refractivity contribution < 1.29 is 9.90 Å². The lowest BCUT2D eigenvalue weighted by molar-refractivity contribution is -0.139. The second-order valence-corrected chi connectivity index (χ2v) is 1.47. The lowest BCUT2D eigenvalue weighted by atomic mass is 10.2. The van der Waals surface area contributed by atoms with Gasteiger partial charge in [-0.25, -0.2) is 5.43 Å². The molecule has 0 bridgehead atoms. The maximum absolute atomic E-state index is 10.0. The first-order valence-corrected chi connectivity index (χ1v) is 2.41. The molecule has 4 nitrogen and oxygen atoms in total. The van der Waals surface area contributed by atoms with Gasteiger partial charge in [0.05, 0.1) is 0 Å². The molecule has 0 aromatic carbocycles. The fourth-order valence-electron chi connectivity index (χ4n) is 0.364.